The summed E-state index contributed by atoms with van der Waals surface area (Å²) in [7, 11) is 1.73. The topological polar surface area (TPSA) is 58.5 Å². The number of halogens is 1. The summed E-state index contributed by atoms with van der Waals surface area (Å²) in [6, 6.07) is 6.19. The molecule has 0 amide bonds. The van der Waals surface area contributed by atoms with Crippen LogP contribution in [0.1, 0.15) is 30.2 Å². The van der Waals surface area contributed by atoms with Crippen molar-refractivity contribution in [3.8, 4) is 5.75 Å². The normalized spacial score (nSPS) is 12.7. The number of aromatic nitrogens is 1. The zero-order valence-electron chi connectivity index (χ0n) is 14.9. The number of ether oxygens (including phenoxy) is 1. The zero-order valence-corrected chi connectivity index (χ0v) is 15.7. The van der Waals surface area contributed by atoms with Gasteiger partial charge in [-0.2, -0.15) is 0 Å². The van der Waals surface area contributed by atoms with E-state index in [4.69, 9.17) is 4.74 Å². The number of hydrogen-bond acceptors (Lipinski definition) is 4. The molecule has 136 valence electrons. The number of nitrogens with zero attached hydrogens (tertiary/aromatic N) is 2. The van der Waals surface area contributed by atoms with E-state index in [1.54, 1.807) is 30.5 Å². The van der Waals surface area contributed by atoms with E-state index < -0.39 is 0 Å². The first-order chi connectivity index (χ1) is 12.1. The van der Waals surface area contributed by atoms with E-state index in [1.807, 2.05) is 13.1 Å². The van der Waals surface area contributed by atoms with E-state index in [1.165, 1.54) is 17.0 Å². The first-order valence-electron chi connectivity index (χ1n) is 8.44. The van der Waals surface area contributed by atoms with Gasteiger partial charge in [-0.25, -0.2) is 9.37 Å². The molecule has 0 saturated carbocycles. The van der Waals surface area contributed by atoms with Gasteiger partial charge in [-0.3, -0.25) is 4.99 Å². The molecule has 1 aromatic carbocycles. The summed E-state index contributed by atoms with van der Waals surface area (Å²) in [4.78, 5) is 9.87. The van der Waals surface area contributed by atoms with Crippen LogP contribution in [0.4, 0.5) is 4.39 Å². The van der Waals surface area contributed by atoms with Crippen molar-refractivity contribution in [1.29, 1.82) is 0 Å². The molecule has 1 unspecified atom stereocenters. The van der Waals surface area contributed by atoms with Gasteiger partial charge in [0.2, 0.25) is 0 Å². The van der Waals surface area contributed by atoms with E-state index in [0.29, 0.717) is 24.8 Å². The van der Waals surface area contributed by atoms with Crippen LogP contribution in [0.3, 0.4) is 0 Å². The second-order valence-corrected chi connectivity index (χ2v) is 6.69. The van der Waals surface area contributed by atoms with Gasteiger partial charge in [-0.1, -0.05) is 19.9 Å². The second-order valence-electron chi connectivity index (χ2n) is 5.49. The highest BCUT2D eigenvalue weighted by Crippen LogP contribution is 2.15. The average molecular weight is 364 g/mol. The van der Waals surface area contributed by atoms with Crippen molar-refractivity contribution in [3.05, 3.63) is 46.2 Å². The Hall–Kier alpha value is -2.15. The molecule has 5 nitrogen and oxygen atoms in total. The van der Waals surface area contributed by atoms with Crippen LogP contribution in [0.25, 0.3) is 0 Å². The van der Waals surface area contributed by atoms with Gasteiger partial charge in [0.25, 0.3) is 0 Å². The molecule has 25 heavy (non-hydrogen) atoms. The zero-order chi connectivity index (χ0) is 18.1. The fourth-order valence-electron chi connectivity index (χ4n) is 2.19. The molecule has 1 atom stereocenters. The molecule has 0 aliphatic rings. The highest BCUT2D eigenvalue weighted by molar-refractivity contribution is 7.11. The second kappa shape index (κ2) is 9.98. The minimum absolute atomic E-state index is 0.0769. The molecular formula is C18H25FN4OS. The third-order valence-corrected chi connectivity index (χ3v) is 4.77. The van der Waals surface area contributed by atoms with Crippen LogP contribution in [0.5, 0.6) is 5.75 Å². The number of aliphatic imine (C=N–C) groups is 1. The van der Waals surface area contributed by atoms with Crippen molar-refractivity contribution in [2.45, 2.75) is 39.3 Å². The molecule has 1 heterocycles. The van der Waals surface area contributed by atoms with Crippen LogP contribution in [-0.2, 0) is 13.0 Å². The van der Waals surface area contributed by atoms with Crippen LogP contribution in [0.15, 0.2) is 35.5 Å². The van der Waals surface area contributed by atoms with Crippen LogP contribution in [0.2, 0.25) is 0 Å². The number of aryl methyl sites for hydroxylation is 1. The Morgan fingerprint density at radius 3 is 2.84 bits per heavy atom. The standard InChI is InChI=1S/C18H25FN4OS/c1-4-14(24-15-8-6-7-13(19)9-15)10-22-18(20-3)23-12-17-21-11-16(5-2)25-17/h6-9,11,14H,4-5,10,12H2,1-3H3,(H2,20,22,23). The van der Waals surface area contributed by atoms with Crippen molar-refractivity contribution in [1.82, 2.24) is 15.6 Å². The van der Waals surface area contributed by atoms with Gasteiger partial charge in [0, 0.05) is 24.2 Å². The molecule has 0 aliphatic carbocycles. The summed E-state index contributed by atoms with van der Waals surface area (Å²) in [5.41, 5.74) is 0. The van der Waals surface area contributed by atoms with Gasteiger partial charge in [0.1, 0.15) is 22.7 Å². The lowest BCUT2D eigenvalue weighted by atomic mass is 10.2. The number of rotatable bonds is 8. The SMILES string of the molecule is CCc1cnc(CNC(=NC)NCC(CC)Oc2cccc(F)c2)s1. The Balaban J connectivity index is 1.81. The van der Waals surface area contributed by atoms with E-state index in [2.05, 4.69) is 27.5 Å². The van der Waals surface area contributed by atoms with E-state index in [-0.39, 0.29) is 11.9 Å². The third-order valence-electron chi connectivity index (χ3n) is 3.63. The molecule has 0 aliphatic heterocycles. The number of hydrogen-bond donors (Lipinski definition) is 2. The Morgan fingerprint density at radius 2 is 2.20 bits per heavy atom. The lowest BCUT2D eigenvalue weighted by molar-refractivity contribution is 0.199. The summed E-state index contributed by atoms with van der Waals surface area (Å²) in [6.45, 7) is 5.36. The molecular weight excluding hydrogens is 339 g/mol. The monoisotopic (exact) mass is 364 g/mol. The average Bonchev–Trinajstić information content (AvgIpc) is 3.09. The summed E-state index contributed by atoms with van der Waals surface area (Å²) in [5.74, 6) is 0.925. The Morgan fingerprint density at radius 1 is 1.36 bits per heavy atom. The van der Waals surface area contributed by atoms with Gasteiger partial charge < -0.3 is 15.4 Å². The van der Waals surface area contributed by atoms with Crippen LogP contribution in [-0.4, -0.2) is 30.6 Å². The first-order valence-corrected chi connectivity index (χ1v) is 9.26. The molecule has 0 saturated heterocycles. The first kappa shape index (κ1) is 19.2. The van der Waals surface area contributed by atoms with Crippen molar-refractivity contribution in [2.24, 2.45) is 4.99 Å². The molecule has 1 aromatic heterocycles. The number of nitrogens with one attached hydrogen (secondary N) is 2. The van der Waals surface area contributed by atoms with Gasteiger partial charge in [0.15, 0.2) is 5.96 Å². The van der Waals surface area contributed by atoms with Crippen molar-refractivity contribution in [2.75, 3.05) is 13.6 Å². The molecule has 0 spiro atoms. The smallest absolute Gasteiger partial charge is 0.191 e. The predicted molar refractivity (Wildman–Crippen MR) is 101 cm³/mol. The molecule has 2 aromatic rings. The molecule has 0 radical (unpaired) electrons. The number of guanidine groups is 1. The molecule has 7 heteroatoms. The molecule has 2 rings (SSSR count). The Kier molecular flexibility index (Phi) is 7.66. The minimum atomic E-state index is -0.298. The Labute approximate surface area is 152 Å². The minimum Gasteiger partial charge on any atom is -0.489 e. The number of benzene rings is 1. The maximum atomic E-state index is 13.2. The summed E-state index contributed by atoms with van der Waals surface area (Å²) < 4.78 is 19.1. The van der Waals surface area contributed by atoms with E-state index >= 15 is 0 Å². The lowest BCUT2D eigenvalue weighted by Crippen LogP contribution is -2.42. The van der Waals surface area contributed by atoms with Crippen molar-refractivity contribution >= 4 is 17.3 Å². The van der Waals surface area contributed by atoms with E-state index in [0.717, 1.165) is 17.8 Å². The van der Waals surface area contributed by atoms with Gasteiger partial charge in [0.05, 0.1) is 13.1 Å². The summed E-state index contributed by atoms with van der Waals surface area (Å²) >= 11 is 1.70. The van der Waals surface area contributed by atoms with Gasteiger partial charge >= 0.3 is 0 Å². The predicted octanol–water partition coefficient (Wildman–Crippen LogP) is 3.37. The maximum Gasteiger partial charge on any atom is 0.191 e. The lowest BCUT2D eigenvalue weighted by Gasteiger charge is -2.19. The highest BCUT2D eigenvalue weighted by Gasteiger charge is 2.10. The molecule has 0 fully saturated rings. The maximum absolute atomic E-state index is 13.2. The molecule has 2 N–H and O–H groups in total. The number of thiazole rings is 1. The van der Waals surface area contributed by atoms with Gasteiger partial charge in [-0.15, -0.1) is 11.3 Å². The Bertz CT molecular complexity index is 689. The van der Waals surface area contributed by atoms with Crippen LogP contribution >= 0.6 is 11.3 Å². The quantitative estimate of drug-likeness (QED) is 0.557. The highest BCUT2D eigenvalue weighted by atomic mass is 32.1. The fourth-order valence-corrected chi connectivity index (χ4v) is 2.99. The van der Waals surface area contributed by atoms with Crippen molar-refractivity contribution < 1.29 is 9.13 Å². The van der Waals surface area contributed by atoms with Gasteiger partial charge in [-0.05, 0) is 25.0 Å². The molecule has 0 bridgehead atoms. The summed E-state index contributed by atoms with van der Waals surface area (Å²) in [5, 5.41) is 7.52. The van der Waals surface area contributed by atoms with Crippen LogP contribution < -0.4 is 15.4 Å². The van der Waals surface area contributed by atoms with Crippen LogP contribution in [0, 0.1) is 5.82 Å². The van der Waals surface area contributed by atoms with Crippen molar-refractivity contribution in [3.63, 3.8) is 0 Å². The summed E-state index contributed by atoms with van der Waals surface area (Å²) in [6.07, 6.45) is 3.64. The largest absolute Gasteiger partial charge is 0.489 e. The fraction of sp³-hybridized carbons (Fsp3) is 0.444. The van der Waals surface area contributed by atoms with E-state index in [9.17, 15) is 4.39 Å². The third kappa shape index (κ3) is 6.34.